The zero-order valence-electron chi connectivity index (χ0n) is 10.8. The molecule has 7 nitrogen and oxygen atoms in total. The van der Waals surface area contributed by atoms with Gasteiger partial charge < -0.3 is 5.43 Å². The summed E-state index contributed by atoms with van der Waals surface area (Å²) in [7, 11) is -3.69. The average molecular weight is 283 g/mol. The quantitative estimate of drug-likeness (QED) is 0.554. The molecular weight excluding hydrogens is 266 g/mol. The highest BCUT2D eigenvalue weighted by molar-refractivity contribution is 7.89. The van der Waals surface area contributed by atoms with E-state index in [0.717, 1.165) is 0 Å². The van der Waals surface area contributed by atoms with Crippen LogP contribution in [0.25, 0.3) is 5.65 Å². The van der Waals surface area contributed by atoms with Crippen LogP contribution in [0.2, 0.25) is 0 Å². The maximum Gasteiger partial charge on any atom is 0.260 e. The van der Waals surface area contributed by atoms with Crippen LogP contribution in [0.4, 0.5) is 5.82 Å². The zero-order valence-corrected chi connectivity index (χ0v) is 11.6. The van der Waals surface area contributed by atoms with E-state index >= 15 is 0 Å². The van der Waals surface area contributed by atoms with Gasteiger partial charge in [-0.3, -0.25) is 4.40 Å². The lowest BCUT2D eigenvalue weighted by atomic mass is 10.3. The molecule has 2 aromatic heterocycles. The molecule has 0 amide bonds. The molecule has 0 saturated heterocycles. The van der Waals surface area contributed by atoms with E-state index < -0.39 is 10.0 Å². The number of imidazole rings is 1. The molecule has 4 N–H and O–H groups in total. The van der Waals surface area contributed by atoms with Crippen molar-refractivity contribution in [2.75, 3.05) is 5.43 Å². The van der Waals surface area contributed by atoms with Crippen LogP contribution in [-0.4, -0.2) is 23.8 Å². The minimum atomic E-state index is -3.69. The second kappa shape index (κ2) is 5.16. The number of hydrogen-bond acceptors (Lipinski definition) is 5. The predicted molar refractivity (Wildman–Crippen MR) is 73.1 cm³/mol. The summed E-state index contributed by atoms with van der Waals surface area (Å²) in [5.41, 5.74) is 2.85. The van der Waals surface area contributed by atoms with Crippen LogP contribution >= 0.6 is 0 Å². The number of hydrazine groups is 1. The Morgan fingerprint density at radius 3 is 2.84 bits per heavy atom. The fourth-order valence-electron chi connectivity index (χ4n) is 1.73. The Bertz CT molecular complexity index is 679. The normalized spacial score (nSPS) is 13.6. The highest BCUT2D eigenvalue weighted by atomic mass is 32.2. The number of nitrogens with one attached hydrogen (secondary N) is 2. The summed E-state index contributed by atoms with van der Waals surface area (Å²) in [6.07, 6.45) is 2.33. The first-order valence-electron chi connectivity index (χ1n) is 5.95. The molecule has 0 aliphatic rings. The molecule has 104 valence electrons. The highest BCUT2D eigenvalue weighted by Crippen LogP contribution is 2.22. The fourth-order valence-corrected chi connectivity index (χ4v) is 3.31. The van der Waals surface area contributed by atoms with Gasteiger partial charge in [0.1, 0.15) is 5.65 Å². The van der Waals surface area contributed by atoms with Crippen molar-refractivity contribution in [1.82, 2.24) is 14.1 Å². The van der Waals surface area contributed by atoms with Crippen molar-refractivity contribution < 1.29 is 8.42 Å². The molecule has 1 atom stereocenters. The topological polar surface area (TPSA) is 102 Å². The Morgan fingerprint density at radius 2 is 2.21 bits per heavy atom. The summed E-state index contributed by atoms with van der Waals surface area (Å²) in [5, 5.41) is 0.0194. The van der Waals surface area contributed by atoms with Gasteiger partial charge in [-0.1, -0.05) is 13.0 Å². The van der Waals surface area contributed by atoms with Crippen LogP contribution in [0.5, 0.6) is 0 Å². The van der Waals surface area contributed by atoms with Gasteiger partial charge >= 0.3 is 0 Å². The molecule has 0 radical (unpaired) electrons. The van der Waals surface area contributed by atoms with Crippen molar-refractivity contribution >= 4 is 21.5 Å². The lowest BCUT2D eigenvalue weighted by Crippen LogP contribution is -2.33. The Morgan fingerprint density at radius 1 is 1.47 bits per heavy atom. The van der Waals surface area contributed by atoms with Gasteiger partial charge in [0.15, 0.2) is 10.8 Å². The molecule has 0 fully saturated rings. The molecule has 0 saturated carbocycles. The summed E-state index contributed by atoms with van der Waals surface area (Å²) in [6, 6.07) is 5.06. The summed E-state index contributed by atoms with van der Waals surface area (Å²) in [4.78, 5) is 4.14. The van der Waals surface area contributed by atoms with E-state index in [9.17, 15) is 8.42 Å². The van der Waals surface area contributed by atoms with Gasteiger partial charge in [-0.05, 0) is 25.5 Å². The van der Waals surface area contributed by atoms with Crippen molar-refractivity contribution in [3.8, 4) is 0 Å². The highest BCUT2D eigenvalue weighted by Gasteiger charge is 2.25. The number of anilines is 1. The van der Waals surface area contributed by atoms with E-state index in [1.54, 1.807) is 31.3 Å². The second-order valence-electron chi connectivity index (χ2n) is 4.27. The van der Waals surface area contributed by atoms with Gasteiger partial charge in [0.05, 0.1) is 0 Å². The van der Waals surface area contributed by atoms with Crippen molar-refractivity contribution in [2.45, 2.75) is 31.3 Å². The van der Waals surface area contributed by atoms with Gasteiger partial charge in [0.2, 0.25) is 0 Å². The first kappa shape index (κ1) is 13.8. The summed E-state index contributed by atoms with van der Waals surface area (Å²) in [5.74, 6) is 5.48. The van der Waals surface area contributed by atoms with Crippen LogP contribution in [0.1, 0.15) is 20.3 Å². The van der Waals surface area contributed by atoms with Crippen LogP contribution in [0.15, 0.2) is 29.4 Å². The lowest BCUT2D eigenvalue weighted by Gasteiger charge is -2.12. The number of hydrogen-bond donors (Lipinski definition) is 3. The summed E-state index contributed by atoms with van der Waals surface area (Å²) < 4.78 is 28.9. The van der Waals surface area contributed by atoms with Crippen molar-refractivity contribution in [1.29, 1.82) is 0 Å². The molecule has 8 heteroatoms. The van der Waals surface area contributed by atoms with E-state index in [1.165, 1.54) is 4.40 Å². The minimum absolute atomic E-state index is 0.0194. The standard InChI is InChI=1S/C11H17N5O2S/c1-3-8(2)15-19(17,18)11-10(14-12)13-9-6-4-5-7-16(9)11/h4-8,14-15H,3,12H2,1-2H3. The van der Waals surface area contributed by atoms with E-state index in [0.29, 0.717) is 12.1 Å². The zero-order chi connectivity index (χ0) is 14.0. The van der Waals surface area contributed by atoms with Crippen molar-refractivity contribution in [3.05, 3.63) is 24.4 Å². The second-order valence-corrected chi connectivity index (χ2v) is 5.90. The van der Waals surface area contributed by atoms with Crippen LogP contribution in [0, 0.1) is 0 Å². The SMILES string of the molecule is CCC(C)NS(=O)(=O)c1c(NN)nc2ccccn12. The number of nitrogen functional groups attached to an aromatic ring is 1. The third-order valence-corrected chi connectivity index (χ3v) is 4.46. The Labute approximate surface area is 111 Å². The number of nitrogens with zero attached hydrogens (tertiary/aromatic N) is 2. The van der Waals surface area contributed by atoms with Gasteiger partial charge in [-0.15, -0.1) is 0 Å². The predicted octanol–water partition coefficient (Wildman–Crippen LogP) is 0.697. The molecule has 1 unspecified atom stereocenters. The lowest BCUT2D eigenvalue weighted by molar-refractivity contribution is 0.552. The molecule has 0 aliphatic carbocycles. The summed E-state index contributed by atoms with van der Waals surface area (Å²) >= 11 is 0. The van der Waals surface area contributed by atoms with Crippen LogP contribution in [-0.2, 0) is 10.0 Å². The van der Waals surface area contributed by atoms with Gasteiger partial charge in [-0.2, -0.15) is 0 Å². The van der Waals surface area contributed by atoms with E-state index in [-0.39, 0.29) is 16.9 Å². The molecule has 2 heterocycles. The average Bonchev–Trinajstić information content (AvgIpc) is 2.77. The Kier molecular flexibility index (Phi) is 3.74. The fraction of sp³-hybridized carbons (Fsp3) is 0.364. The van der Waals surface area contributed by atoms with Crippen molar-refractivity contribution in [3.63, 3.8) is 0 Å². The maximum atomic E-state index is 12.4. The number of rotatable bonds is 5. The van der Waals surface area contributed by atoms with E-state index in [4.69, 9.17) is 5.84 Å². The molecule has 0 aliphatic heterocycles. The van der Waals surface area contributed by atoms with E-state index in [2.05, 4.69) is 15.1 Å². The van der Waals surface area contributed by atoms with Gasteiger partial charge in [-0.25, -0.2) is 24.0 Å². The number of aromatic nitrogens is 2. The Balaban J connectivity index is 2.60. The molecular formula is C11H17N5O2S. The number of nitrogens with two attached hydrogens (primary N) is 1. The molecule has 0 spiro atoms. The number of fused-ring (bicyclic) bond motifs is 1. The summed E-state index contributed by atoms with van der Waals surface area (Å²) in [6.45, 7) is 3.71. The minimum Gasteiger partial charge on any atom is -0.306 e. The number of pyridine rings is 1. The van der Waals surface area contributed by atoms with Gasteiger partial charge in [0.25, 0.3) is 10.0 Å². The van der Waals surface area contributed by atoms with Crippen LogP contribution < -0.4 is 16.0 Å². The third kappa shape index (κ3) is 2.55. The molecule has 2 rings (SSSR count). The van der Waals surface area contributed by atoms with Crippen LogP contribution in [0.3, 0.4) is 0 Å². The molecule has 2 aromatic rings. The first-order valence-corrected chi connectivity index (χ1v) is 7.44. The third-order valence-electron chi connectivity index (χ3n) is 2.85. The molecule has 0 bridgehead atoms. The smallest absolute Gasteiger partial charge is 0.260 e. The van der Waals surface area contributed by atoms with Gasteiger partial charge in [0, 0.05) is 12.2 Å². The van der Waals surface area contributed by atoms with E-state index in [1.807, 2.05) is 6.92 Å². The Hall–Kier alpha value is -1.64. The van der Waals surface area contributed by atoms with Crippen molar-refractivity contribution in [2.24, 2.45) is 5.84 Å². The first-order chi connectivity index (χ1) is 8.99. The maximum absolute atomic E-state index is 12.4. The largest absolute Gasteiger partial charge is 0.306 e. The molecule has 0 aromatic carbocycles. The monoisotopic (exact) mass is 283 g/mol. The number of sulfonamides is 1. The molecule has 19 heavy (non-hydrogen) atoms.